The summed E-state index contributed by atoms with van der Waals surface area (Å²) in [4.78, 5) is 15.7. The largest absolute Gasteiger partial charge is 0.333 e. The van der Waals surface area contributed by atoms with E-state index in [-0.39, 0.29) is 11.1 Å². The van der Waals surface area contributed by atoms with Crippen LogP contribution in [0.25, 0.3) is 0 Å². The Morgan fingerprint density at radius 2 is 1.24 bits per heavy atom. The van der Waals surface area contributed by atoms with Crippen molar-refractivity contribution in [2.24, 2.45) is 5.73 Å². The summed E-state index contributed by atoms with van der Waals surface area (Å²) < 4.78 is 0. The molecule has 0 aliphatic carbocycles. The third-order valence-corrected chi connectivity index (χ3v) is 3.33. The lowest BCUT2D eigenvalue weighted by Gasteiger charge is -2.45. The number of piperazine rings is 1. The zero-order valence-corrected chi connectivity index (χ0v) is 12.3. The molecule has 0 radical (unpaired) electrons. The van der Waals surface area contributed by atoms with E-state index in [1.54, 1.807) is 0 Å². The van der Waals surface area contributed by atoms with E-state index in [9.17, 15) is 4.79 Å². The molecule has 0 atom stereocenters. The second-order valence-electron chi connectivity index (χ2n) is 5.92. The maximum absolute atomic E-state index is 10.9. The standard InChI is InChI=1S/C12H24N2O.CH5N/c1-11(2,3)13-6-8-14(9-7-13)12(4,5)10-15;1-2/h10H,6-9H2,1-5H3;2H2,1H3. The lowest BCUT2D eigenvalue weighted by molar-refractivity contribution is -0.118. The van der Waals surface area contributed by atoms with E-state index >= 15 is 0 Å². The van der Waals surface area contributed by atoms with E-state index in [2.05, 4.69) is 36.3 Å². The molecule has 4 nitrogen and oxygen atoms in total. The van der Waals surface area contributed by atoms with Gasteiger partial charge in [-0.3, -0.25) is 9.80 Å². The van der Waals surface area contributed by atoms with Crippen molar-refractivity contribution in [1.29, 1.82) is 0 Å². The van der Waals surface area contributed by atoms with Gasteiger partial charge in [0, 0.05) is 31.7 Å². The average Bonchev–Trinajstić information content (AvgIpc) is 2.31. The van der Waals surface area contributed by atoms with Crippen LogP contribution in [0.1, 0.15) is 34.6 Å². The summed E-state index contributed by atoms with van der Waals surface area (Å²) >= 11 is 0. The van der Waals surface area contributed by atoms with Crippen LogP contribution in [0.5, 0.6) is 0 Å². The Morgan fingerprint density at radius 1 is 0.882 bits per heavy atom. The van der Waals surface area contributed by atoms with Gasteiger partial charge in [-0.25, -0.2) is 0 Å². The molecule has 0 unspecified atom stereocenters. The minimum atomic E-state index is -0.302. The van der Waals surface area contributed by atoms with Gasteiger partial charge in [0.15, 0.2) is 0 Å². The van der Waals surface area contributed by atoms with Crippen molar-refractivity contribution in [3.8, 4) is 0 Å². The van der Waals surface area contributed by atoms with Gasteiger partial charge in [-0.05, 0) is 41.7 Å². The van der Waals surface area contributed by atoms with Crippen LogP contribution in [-0.2, 0) is 4.79 Å². The van der Waals surface area contributed by atoms with Crippen molar-refractivity contribution in [3.05, 3.63) is 0 Å². The molecule has 0 spiro atoms. The second kappa shape index (κ2) is 6.47. The maximum atomic E-state index is 10.9. The lowest BCUT2D eigenvalue weighted by atomic mass is 10.0. The highest BCUT2D eigenvalue weighted by Gasteiger charge is 2.32. The van der Waals surface area contributed by atoms with Crippen LogP contribution in [0.3, 0.4) is 0 Å². The van der Waals surface area contributed by atoms with Crippen molar-refractivity contribution in [3.63, 3.8) is 0 Å². The van der Waals surface area contributed by atoms with Crippen LogP contribution < -0.4 is 5.73 Å². The molecule has 0 saturated carbocycles. The summed E-state index contributed by atoms with van der Waals surface area (Å²) in [6, 6.07) is 0. The van der Waals surface area contributed by atoms with Gasteiger partial charge in [-0.1, -0.05) is 0 Å². The first-order valence-electron chi connectivity index (χ1n) is 6.31. The Balaban J connectivity index is 0.00000121. The topological polar surface area (TPSA) is 49.6 Å². The molecule has 1 rings (SSSR count). The van der Waals surface area contributed by atoms with E-state index in [0.717, 1.165) is 32.5 Å². The summed E-state index contributed by atoms with van der Waals surface area (Å²) in [6.45, 7) is 14.8. The molecule has 1 saturated heterocycles. The van der Waals surface area contributed by atoms with Gasteiger partial charge in [0.25, 0.3) is 0 Å². The van der Waals surface area contributed by atoms with Crippen molar-refractivity contribution < 1.29 is 4.79 Å². The summed E-state index contributed by atoms with van der Waals surface area (Å²) in [5.74, 6) is 0. The number of carbonyl (C=O) groups is 1. The average molecular weight is 243 g/mol. The molecular formula is C13H29N3O. The minimum absolute atomic E-state index is 0.247. The van der Waals surface area contributed by atoms with Crippen LogP contribution in [0.2, 0.25) is 0 Å². The summed E-state index contributed by atoms with van der Waals surface area (Å²) in [5, 5.41) is 0. The first kappa shape index (κ1) is 16.6. The molecule has 0 amide bonds. The van der Waals surface area contributed by atoms with Crippen molar-refractivity contribution in [2.75, 3.05) is 33.2 Å². The zero-order chi connectivity index (χ0) is 13.7. The number of nitrogens with two attached hydrogens (primary N) is 1. The van der Waals surface area contributed by atoms with Gasteiger partial charge in [0.1, 0.15) is 6.29 Å². The first-order valence-corrected chi connectivity index (χ1v) is 6.31. The Labute approximate surface area is 106 Å². The van der Waals surface area contributed by atoms with Crippen LogP contribution in [0.4, 0.5) is 0 Å². The number of hydrogen-bond acceptors (Lipinski definition) is 4. The molecule has 2 N–H and O–H groups in total. The maximum Gasteiger partial charge on any atom is 0.139 e. The van der Waals surface area contributed by atoms with Gasteiger partial charge < -0.3 is 10.5 Å². The number of nitrogens with zero attached hydrogens (tertiary/aromatic N) is 2. The highest BCUT2D eigenvalue weighted by molar-refractivity contribution is 5.62. The number of carbonyl (C=O) groups excluding carboxylic acids is 1. The number of aldehydes is 1. The predicted molar refractivity (Wildman–Crippen MR) is 73.2 cm³/mol. The molecule has 0 aromatic rings. The quantitative estimate of drug-likeness (QED) is 0.734. The van der Waals surface area contributed by atoms with E-state index < -0.39 is 0 Å². The van der Waals surface area contributed by atoms with Gasteiger partial charge in [-0.15, -0.1) is 0 Å². The third kappa shape index (κ3) is 4.74. The normalized spacial score (nSPS) is 19.5. The fraction of sp³-hybridized carbons (Fsp3) is 0.923. The van der Waals surface area contributed by atoms with Crippen molar-refractivity contribution >= 4 is 6.29 Å². The van der Waals surface area contributed by atoms with Crippen molar-refractivity contribution in [2.45, 2.75) is 45.7 Å². The molecular weight excluding hydrogens is 214 g/mol. The molecule has 1 heterocycles. The van der Waals surface area contributed by atoms with Crippen LogP contribution in [0.15, 0.2) is 0 Å². The lowest BCUT2D eigenvalue weighted by Crippen LogP contribution is -2.58. The second-order valence-corrected chi connectivity index (χ2v) is 5.92. The van der Waals surface area contributed by atoms with Gasteiger partial charge in [-0.2, -0.15) is 0 Å². The Bertz CT molecular complexity index is 225. The molecule has 0 aromatic heterocycles. The van der Waals surface area contributed by atoms with E-state index in [0.29, 0.717) is 0 Å². The highest BCUT2D eigenvalue weighted by atomic mass is 16.1. The van der Waals surface area contributed by atoms with Gasteiger partial charge in [0.2, 0.25) is 0 Å². The monoisotopic (exact) mass is 243 g/mol. The molecule has 1 aliphatic rings. The summed E-state index contributed by atoms with van der Waals surface area (Å²) in [6.07, 6.45) is 1.06. The zero-order valence-electron chi connectivity index (χ0n) is 12.3. The highest BCUT2D eigenvalue weighted by Crippen LogP contribution is 2.19. The SMILES string of the molecule is CC(C)(C)N1CCN(C(C)(C)C=O)CC1.CN. The van der Waals surface area contributed by atoms with Crippen LogP contribution >= 0.6 is 0 Å². The van der Waals surface area contributed by atoms with E-state index in [4.69, 9.17) is 0 Å². The molecule has 1 fully saturated rings. The predicted octanol–water partition coefficient (Wildman–Crippen LogP) is 0.955. The molecule has 0 aromatic carbocycles. The molecule has 4 heteroatoms. The minimum Gasteiger partial charge on any atom is -0.333 e. The van der Waals surface area contributed by atoms with Crippen LogP contribution in [0, 0.1) is 0 Å². The Kier molecular flexibility index (Phi) is 6.30. The molecule has 17 heavy (non-hydrogen) atoms. The number of rotatable bonds is 2. The first-order chi connectivity index (χ1) is 7.77. The smallest absolute Gasteiger partial charge is 0.139 e. The van der Waals surface area contributed by atoms with E-state index in [1.165, 1.54) is 7.05 Å². The molecule has 1 aliphatic heterocycles. The van der Waals surface area contributed by atoms with Crippen LogP contribution in [-0.4, -0.2) is 60.4 Å². The Hall–Kier alpha value is -0.450. The Morgan fingerprint density at radius 3 is 1.53 bits per heavy atom. The third-order valence-electron chi connectivity index (χ3n) is 3.33. The molecule has 0 bridgehead atoms. The fourth-order valence-electron chi connectivity index (χ4n) is 2.03. The summed E-state index contributed by atoms with van der Waals surface area (Å²) in [5.41, 5.74) is 4.45. The van der Waals surface area contributed by atoms with Gasteiger partial charge >= 0.3 is 0 Å². The van der Waals surface area contributed by atoms with E-state index in [1.807, 2.05) is 13.8 Å². The fourth-order valence-corrected chi connectivity index (χ4v) is 2.03. The van der Waals surface area contributed by atoms with Gasteiger partial charge in [0.05, 0.1) is 5.54 Å². The summed E-state index contributed by atoms with van der Waals surface area (Å²) in [7, 11) is 1.50. The van der Waals surface area contributed by atoms with Crippen molar-refractivity contribution in [1.82, 2.24) is 9.80 Å². The molecule has 102 valence electrons. The number of hydrogen-bond donors (Lipinski definition) is 1.